The number of hydrogen-bond acceptors (Lipinski definition) is 12. The highest BCUT2D eigenvalue weighted by atomic mass is 127. The number of nitrogens with zero attached hydrogens (tertiary/aromatic N) is 1. The van der Waals surface area contributed by atoms with Crippen LogP contribution >= 0.6 is 69.0 Å². The average molecular weight is 1070 g/mol. The van der Waals surface area contributed by atoms with Crippen LogP contribution in [0.25, 0.3) is 0 Å². The van der Waals surface area contributed by atoms with E-state index < -0.39 is 71.3 Å². The van der Waals surface area contributed by atoms with Crippen LogP contribution in [0.4, 0.5) is 0 Å². The Labute approximate surface area is 398 Å². The van der Waals surface area contributed by atoms with Gasteiger partial charge in [-0.3, -0.25) is 19.2 Å². The summed E-state index contributed by atoms with van der Waals surface area (Å²) < 4.78 is 11.2. The van der Waals surface area contributed by atoms with Crippen molar-refractivity contribution in [2.75, 3.05) is 14.2 Å². The summed E-state index contributed by atoms with van der Waals surface area (Å²) in [6, 6.07) is 11.3. The third-order valence-electron chi connectivity index (χ3n) is 10.2. The smallest absolute Gasteiger partial charge is 0.333 e. The number of nitrogens with two attached hydrogens (primary N) is 1. The van der Waals surface area contributed by atoms with E-state index >= 15 is 0 Å². The number of rotatable bonds is 8. The molecule has 334 valence electrons. The zero-order chi connectivity index (χ0) is 46.7. The quantitative estimate of drug-likeness (QED) is 0.0601. The minimum absolute atomic E-state index is 0.0300. The maximum Gasteiger partial charge on any atom is 0.333 e. The third kappa shape index (κ3) is 10.5. The SMILES string of the molecule is COC(=O)[C@H](NC(=O)[C@@H]1Cc2ccc(cc2)Oc2cc(cc(I)c2O)[C@@H](NC(=O)[C@H](N)c2cc(Cl)c(O)c(Cl)c2)C(=O)N[C@@H](c2cc(Cl)c(O)c(Cl)c2)C(=O)N1C)c1ccc(O)cc1. The normalized spacial score (nSPS) is 17.4. The number of phenolic OH excluding ortho intramolecular Hbond substituents is 4. The van der Waals surface area contributed by atoms with Crippen molar-refractivity contribution in [3.8, 4) is 34.5 Å². The Balaban J connectivity index is 1.49. The Morgan fingerprint density at radius 2 is 1.41 bits per heavy atom. The van der Waals surface area contributed by atoms with Gasteiger partial charge < -0.3 is 56.5 Å². The second-order valence-electron chi connectivity index (χ2n) is 14.3. The number of carbonyl (C=O) groups is 5. The molecule has 0 radical (unpaired) electrons. The molecular weight excluding hydrogens is 1030 g/mol. The molecule has 7 rings (SSSR count). The van der Waals surface area contributed by atoms with Crippen LogP contribution in [0.3, 0.4) is 0 Å². The molecule has 0 aromatic heterocycles. The number of hydrogen-bond donors (Lipinski definition) is 8. The average Bonchev–Trinajstić information content (AvgIpc) is 3.27. The Bertz CT molecular complexity index is 2610. The number of nitrogens with one attached hydrogen (secondary N) is 3. The molecule has 0 saturated carbocycles. The molecule has 0 saturated heterocycles. The van der Waals surface area contributed by atoms with Gasteiger partial charge >= 0.3 is 5.97 Å². The largest absolute Gasteiger partial charge is 0.508 e. The molecule has 0 aliphatic carbocycles. The van der Waals surface area contributed by atoms with E-state index in [4.69, 9.17) is 61.6 Å². The number of esters is 1. The lowest BCUT2D eigenvalue weighted by Crippen LogP contribution is -2.54. The van der Waals surface area contributed by atoms with Crippen molar-refractivity contribution in [1.29, 1.82) is 0 Å². The summed E-state index contributed by atoms with van der Waals surface area (Å²) in [5.74, 6) is -6.01. The molecule has 5 atom stereocenters. The minimum atomic E-state index is -1.76. The highest BCUT2D eigenvalue weighted by Crippen LogP contribution is 2.40. The number of phenols is 4. The van der Waals surface area contributed by atoms with E-state index in [9.17, 15) is 44.4 Å². The van der Waals surface area contributed by atoms with E-state index in [1.807, 2.05) is 0 Å². The van der Waals surface area contributed by atoms with Crippen LogP contribution in [0.5, 0.6) is 34.5 Å². The van der Waals surface area contributed by atoms with Crippen molar-refractivity contribution in [3.63, 3.8) is 0 Å². The Kier molecular flexibility index (Phi) is 14.9. The third-order valence-corrected chi connectivity index (χ3v) is 12.1. The summed E-state index contributed by atoms with van der Waals surface area (Å²) in [4.78, 5) is 72.3. The molecule has 2 aliphatic heterocycles. The van der Waals surface area contributed by atoms with Gasteiger partial charge in [-0.2, -0.15) is 0 Å². The zero-order valence-electron chi connectivity index (χ0n) is 33.2. The van der Waals surface area contributed by atoms with Crippen molar-refractivity contribution in [1.82, 2.24) is 20.9 Å². The zero-order valence-corrected chi connectivity index (χ0v) is 38.4. The Morgan fingerprint density at radius 1 is 0.828 bits per heavy atom. The van der Waals surface area contributed by atoms with Crippen LogP contribution in [0.15, 0.2) is 84.9 Å². The predicted molar refractivity (Wildman–Crippen MR) is 244 cm³/mol. The molecule has 64 heavy (non-hydrogen) atoms. The number of fused-ring (bicyclic) bond motifs is 9. The molecule has 9 N–H and O–H groups in total. The van der Waals surface area contributed by atoms with E-state index in [0.717, 1.165) is 12.0 Å². The summed E-state index contributed by atoms with van der Waals surface area (Å²) in [5, 5.41) is 48.4. The summed E-state index contributed by atoms with van der Waals surface area (Å²) in [6.07, 6.45) is -0.184. The second-order valence-corrected chi connectivity index (χ2v) is 17.1. The number of halogens is 5. The molecule has 5 aromatic rings. The van der Waals surface area contributed by atoms with Gasteiger partial charge in [0.15, 0.2) is 29.0 Å². The molecule has 5 aromatic carbocycles. The lowest BCUT2D eigenvalue weighted by Gasteiger charge is -2.33. The van der Waals surface area contributed by atoms with Gasteiger partial charge in [-0.15, -0.1) is 0 Å². The first kappa shape index (κ1) is 47.8. The van der Waals surface area contributed by atoms with Crippen LogP contribution in [0, 0.1) is 3.57 Å². The summed E-state index contributed by atoms with van der Waals surface area (Å²) in [5.41, 5.74) is 7.09. The maximum absolute atomic E-state index is 15.0. The van der Waals surface area contributed by atoms with Gasteiger partial charge in [0.05, 0.1) is 30.8 Å². The number of methoxy groups -OCH3 is 1. The van der Waals surface area contributed by atoms with Crippen molar-refractivity contribution in [3.05, 3.63) is 136 Å². The predicted octanol–water partition coefficient (Wildman–Crippen LogP) is 6.65. The van der Waals surface area contributed by atoms with Gasteiger partial charge in [0.1, 0.15) is 35.7 Å². The first-order chi connectivity index (χ1) is 30.3. The molecule has 2 heterocycles. The first-order valence-corrected chi connectivity index (χ1v) is 21.3. The lowest BCUT2D eigenvalue weighted by molar-refractivity contribution is -0.147. The maximum atomic E-state index is 15.0. The van der Waals surface area contributed by atoms with Crippen molar-refractivity contribution < 1.29 is 53.9 Å². The van der Waals surface area contributed by atoms with Crippen LogP contribution in [-0.4, -0.2) is 75.1 Å². The molecule has 0 spiro atoms. The van der Waals surface area contributed by atoms with Gasteiger partial charge in [0.25, 0.3) is 0 Å². The molecule has 2 aliphatic rings. The van der Waals surface area contributed by atoms with Gasteiger partial charge in [0.2, 0.25) is 23.6 Å². The van der Waals surface area contributed by atoms with E-state index in [-0.39, 0.29) is 75.3 Å². The summed E-state index contributed by atoms with van der Waals surface area (Å²) >= 11 is 26.7. The Hall–Kier alpha value is -5.70. The van der Waals surface area contributed by atoms with Crippen molar-refractivity contribution in [2.45, 2.75) is 36.6 Å². The van der Waals surface area contributed by atoms with Crippen LogP contribution in [0.1, 0.15) is 52.0 Å². The summed E-state index contributed by atoms with van der Waals surface area (Å²) in [6.45, 7) is 0. The van der Waals surface area contributed by atoms with Crippen molar-refractivity contribution >= 4 is 98.6 Å². The minimum Gasteiger partial charge on any atom is -0.508 e. The number of likely N-dealkylation sites (N-methyl/N-ethyl adjacent to an activating group) is 1. The summed E-state index contributed by atoms with van der Waals surface area (Å²) in [7, 11) is 2.40. The second kappa shape index (κ2) is 20.0. The molecule has 0 unspecified atom stereocenters. The number of ether oxygens (including phenoxy) is 2. The van der Waals surface area contributed by atoms with Crippen LogP contribution in [-0.2, 0) is 35.1 Å². The number of aromatic hydroxyl groups is 4. The molecule has 21 heteroatoms. The molecule has 16 nitrogen and oxygen atoms in total. The fourth-order valence-electron chi connectivity index (χ4n) is 6.66. The molecule has 4 bridgehead atoms. The molecule has 4 amide bonds. The van der Waals surface area contributed by atoms with Crippen molar-refractivity contribution in [2.24, 2.45) is 5.73 Å². The highest BCUT2D eigenvalue weighted by Gasteiger charge is 2.38. The van der Waals surface area contributed by atoms with E-state index in [1.165, 1.54) is 79.8 Å². The molecular formula is C43H36Cl4IN5O11. The Morgan fingerprint density at radius 3 is 1.98 bits per heavy atom. The van der Waals surface area contributed by atoms with E-state index in [0.29, 0.717) is 5.56 Å². The standard InChI is InChI=1S/C43H36Cl4IN5O11/c1-53-30(39(58)52-35(43(62)63-2)19-5-7-23(54)8-6-19)11-18-3-9-24(10-4-18)64-31-17-22(16-29(48)38(31)57)33(50-40(59)32(49)20-12-25(44)36(55)26(45)13-20)41(60)51-34(42(53)61)21-14-27(46)37(56)28(47)15-21/h3-10,12-17,30,32-35,54-57H,11,49H2,1-2H3,(H,50,59)(H,51,60)(H,52,58)/t30-,32+,33+,34-,35+/m0/s1. The molecule has 0 fully saturated rings. The first-order valence-electron chi connectivity index (χ1n) is 18.7. The van der Waals surface area contributed by atoms with E-state index in [1.54, 1.807) is 34.7 Å². The number of benzene rings is 5. The van der Waals surface area contributed by atoms with Crippen LogP contribution < -0.4 is 26.4 Å². The van der Waals surface area contributed by atoms with E-state index in [2.05, 4.69) is 16.0 Å². The topological polar surface area (TPSA) is 250 Å². The van der Waals surface area contributed by atoms with Gasteiger partial charge in [-0.25, -0.2) is 4.79 Å². The van der Waals surface area contributed by atoms with Gasteiger partial charge in [-0.1, -0.05) is 70.7 Å². The number of carbonyl (C=O) groups excluding carboxylic acids is 5. The van der Waals surface area contributed by atoms with Crippen LogP contribution in [0.2, 0.25) is 20.1 Å². The van der Waals surface area contributed by atoms with Gasteiger partial charge in [0, 0.05) is 13.5 Å². The number of amides is 4. The van der Waals surface area contributed by atoms with Gasteiger partial charge in [-0.05, 0) is 111 Å². The highest BCUT2D eigenvalue weighted by molar-refractivity contribution is 14.1. The fraction of sp³-hybridized carbons (Fsp3) is 0.186. The fourth-order valence-corrected chi connectivity index (χ4v) is 8.29. The lowest BCUT2D eigenvalue weighted by atomic mass is 9.98. The monoisotopic (exact) mass is 1070 g/mol.